The number of hydrogen-bond acceptors (Lipinski definition) is 4. The molecule has 8 heteroatoms. The van der Waals surface area contributed by atoms with Crippen LogP contribution in [0.5, 0.6) is 0 Å². The number of nitrogens with one attached hydrogen (secondary N) is 1. The van der Waals surface area contributed by atoms with Gasteiger partial charge >= 0.3 is 6.18 Å². The number of pyridine rings is 1. The summed E-state index contributed by atoms with van der Waals surface area (Å²) in [5.41, 5.74) is 7.95. The first-order valence-electron chi connectivity index (χ1n) is 8.91. The fourth-order valence-electron chi connectivity index (χ4n) is 3.50. The maximum atomic E-state index is 12.9. The fourth-order valence-corrected chi connectivity index (χ4v) is 4.49. The van der Waals surface area contributed by atoms with Crippen molar-refractivity contribution in [3.05, 3.63) is 52.0 Å². The summed E-state index contributed by atoms with van der Waals surface area (Å²) in [6, 6.07) is 6.53. The molecule has 1 aliphatic carbocycles. The second-order valence-corrected chi connectivity index (χ2v) is 8.17. The number of aromatic nitrogens is 1. The molecule has 4 nitrogen and oxygen atoms in total. The van der Waals surface area contributed by atoms with Crippen LogP contribution < -0.4 is 11.1 Å². The number of fused-ring (bicyclic) bond motifs is 2. The van der Waals surface area contributed by atoms with Gasteiger partial charge < -0.3 is 11.1 Å². The highest BCUT2D eigenvalue weighted by atomic mass is 32.1. The van der Waals surface area contributed by atoms with Crippen LogP contribution in [0.2, 0.25) is 0 Å². The summed E-state index contributed by atoms with van der Waals surface area (Å²) in [5.74, 6) is 0.0430. The van der Waals surface area contributed by atoms with Crippen LogP contribution in [0.1, 0.15) is 39.8 Å². The minimum Gasteiger partial charge on any atom is -0.397 e. The van der Waals surface area contributed by atoms with Gasteiger partial charge in [0.1, 0.15) is 9.71 Å². The molecule has 0 aliphatic heterocycles. The molecule has 0 spiro atoms. The van der Waals surface area contributed by atoms with Gasteiger partial charge in [-0.1, -0.05) is 13.0 Å². The SMILES string of the molecule is CC1CCc2nc3sc(C(=O)Nc4cccc(C(F)(F)F)c4)c(N)c3cc2C1. The molecule has 1 aliphatic rings. The van der Waals surface area contributed by atoms with Crippen molar-refractivity contribution in [1.82, 2.24) is 4.98 Å². The van der Waals surface area contributed by atoms with Gasteiger partial charge in [-0.25, -0.2) is 4.98 Å². The molecule has 0 saturated carbocycles. The predicted molar refractivity (Wildman–Crippen MR) is 105 cm³/mol. The summed E-state index contributed by atoms with van der Waals surface area (Å²) in [7, 11) is 0. The third kappa shape index (κ3) is 3.44. The Morgan fingerprint density at radius 2 is 2.11 bits per heavy atom. The first-order valence-corrected chi connectivity index (χ1v) is 9.73. The number of carbonyl (C=O) groups excluding carboxylic acids is 1. The molecule has 28 heavy (non-hydrogen) atoms. The Balaban J connectivity index is 1.66. The van der Waals surface area contributed by atoms with E-state index >= 15 is 0 Å². The number of rotatable bonds is 2. The molecular formula is C20H18F3N3OS. The van der Waals surface area contributed by atoms with Gasteiger partial charge in [-0.3, -0.25) is 4.79 Å². The zero-order valence-electron chi connectivity index (χ0n) is 15.1. The van der Waals surface area contributed by atoms with Crippen LogP contribution >= 0.6 is 11.3 Å². The van der Waals surface area contributed by atoms with Gasteiger partial charge in [-0.05, 0) is 55.0 Å². The highest BCUT2D eigenvalue weighted by molar-refractivity contribution is 7.21. The van der Waals surface area contributed by atoms with E-state index in [0.717, 1.165) is 59.4 Å². The molecule has 2 heterocycles. The number of nitrogens with zero attached hydrogens (tertiary/aromatic N) is 1. The second kappa shape index (κ2) is 6.77. The lowest BCUT2D eigenvalue weighted by molar-refractivity contribution is -0.137. The highest BCUT2D eigenvalue weighted by Gasteiger charge is 2.30. The van der Waals surface area contributed by atoms with E-state index in [2.05, 4.69) is 17.2 Å². The highest BCUT2D eigenvalue weighted by Crippen LogP contribution is 2.37. The lowest BCUT2D eigenvalue weighted by atomic mass is 9.87. The number of aryl methyl sites for hydroxylation is 1. The van der Waals surface area contributed by atoms with Gasteiger partial charge in [0.2, 0.25) is 0 Å². The summed E-state index contributed by atoms with van der Waals surface area (Å²) < 4.78 is 38.6. The van der Waals surface area contributed by atoms with E-state index in [4.69, 9.17) is 5.73 Å². The van der Waals surface area contributed by atoms with E-state index in [9.17, 15) is 18.0 Å². The molecule has 0 radical (unpaired) electrons. The van der Waals surface area contributed by atoms with Crippen molar-refractivity contribution in [1.29, 1.82) is 0 Å². The topological polar surface area (TPSA) is 68.0 Å². The average Bonchev–Trinajstić information content (AvgIpc) is 2.95. The van der Waals surface area contributed by atoms with E-state index in [-0.39, 0.29) is 10.6 Å². The van der Waals surface area contributed by atoms with Gasteiger partial charge in [0.25, 0.3) is 5.91 Å². The van der Waals surface area contributed by atoms with Crippen LogP contribution in [0.4, 0.5) is 24.5 Å². The Morgan fingerprint density at radius 1 is 1.32 bits per heavy atom. The van der Waals surface area contributed by atoms with Crippen molar-refractivity contribution in [3.63, 3.8) is 0 Å². The molecule has 146 valence electrons. The van der Waals surface area contributed by atoms with Crippen LogP contribution in [0.3, 0.4) is 0 Å². The third-order valence-corrected chi connectivity index (χ3v) is 6.10. The molecule has 0 bridgehead atoms. The largest absolute Gasteiger partial charge is 0.416 e. The molecule has 2 aromatic heterocycles. The molecule has 0 fully saturated rings. The maximum Gasteiger partial charge on any atom is 0.416 e. The Kier molecular flexibility index (Phi) is 4.53. The summed E-state index contributed by atoms with van der Waals surface area (Å²) in [5, 5.41) is 3.24. The van der Waals surface area contributed by atoms with Crippen LogP contribution in [-0.4, -0.2) is 10.9 Å². The summed E-state index contributed by atoms with van der Waals surface area (Å²) in [6.07, 6.45) is -1.57. The minimum atomic E-state index is -4.47. The predicted octanol–water partition coefficient (Wildman–Crippen LogP) is 5.27. The van der Waals surface area contributed by atoms with Gasteiger partial charge in [-0.2, -0.15) is 13.2 Å². The lowest BCUT2D eigenvalue weighted by Crippen LogP contribution is -2.13. The zero-order valence-corrected chi connectivity index (χ0v) is 15.9. The number of nitrogen functional groups attached to an aromatic ring is 1. The van der Waals surface area contributed by atoms with E-state index in [1.54, 1.807) is 0 Å². The average molecular weight is 405 g/mol. The number of anilines is 2. The number of carbonyl (C=O) groups is 1. The number of hydrogen-bond donors (Lipinski definition) is 2. The number of thiophene rings is 1. The molecule has 3 aromatic rings. The standard InChI is InChI=1S/C20H18F3N3OS/c1-10-5-6-15-11(7-10)8-14-16(24)17(28-19(14)26-15)18(27)25-13-4-2-3-12(9-13)20(21,22)23/h2-4,8-10H,5-7,24H2,1H3,(H,25,27). The Hall–Kier alpha value is -2.61. The van der Waals surface area contributed by atoms with Crippen molar-refractivity contribution in [2.75, 3.05) is 11.1 Å². The second-order valence-electron chi connectivity index (χ2n) is 7.17. The molecule has 0 saturated heterocycles. The van der Waals surface area contributed by atoms with Crippen molar-refractivity contribution in [2.24, 2.45) is 5.92 Å². The molecule has 1 atom stereocenters. The quantitative estimate of drug-likeness (QED) is 0.610. The summed E-state index contributed by atoms with van der Waals surface area (Å²) >= 11 is 1.16. The first-order chi connectivity index (χ1) is 13.2. The molecule has 3 N–H and O–H groups in total. The number of amides is 1. The molecule has 4 rings (SSSR count). The Morgan fingerprint density at radius 3 is 2.86 bits per heavy atom. The van der Waals surface area contributed by atoms with Crippen LogP contribution in [0.25, 0.3) is 10.2 Å². The zero-order chi connectivity index (χ0) is 20.1. The fraction of sp³-hybridized carbons (Fsp3) is 0.300. The summed E-state index contributed by atoms with van der Waals surface area (Å²) in [6.45, 7) is 2.19. The van der Waals surface area contributed by atoms with E-state index in [1.165, 1.54) is 12.1 Å². The summed E-state index contributed by atoms with van der Waals surface area (Å²) in [4.78, 5) is 18.3. The van der Waals surface area contributed by atoms with Crippen LogP contribution in [-0.2, 0) is 19.0 Å². The molecule has 1 unspecified atom stereocenters. The van der Waals surface area contributed by atoms with Gasteiger partial charge in [-0.15, -0.1) is 11.3 Å². The van der Waals surface area contributed by atoms with E-state index < -0.39 is 17.6 Å². The van der Waals surface area contributed by atoms with Crippen molar-refractivity contribution < 1.29 is 18.0 Å². The number of halogens is 3. The van der Waals surface area contributed by atoms with Crippen LogP contribution in [0.15, 0.2) is 30.3 Å². The smallest absolute Gasteiger partial charge is 0.397 e. The first kappa shape index (κ1) is 18.7. The monoisotopic (exact) mass is 405 g/mol. The number of benzene rings is 1. The van der Waals surface area contributed by atoms with Crippen molar-refractivity contribution in [3.8, 4) is 0 Å². The lowest BCUT2D eigenvalue weighted by Gasteiger charge is -2.20. The van der Waals surface area contributed by atoms with Crippen molar-refractivity contribution in [2.45, 2.75) is 32.4 Å². The maximum absolute atomic E-state index is 12.9. The van der Waals surface area contributed by atoms with Gasteiger partial charge in [0.05, 0.1) is 11.3 Å². The molecule has 1 aromatic carbocycles. The van der Waals surface area contributed by atoms with Crippen LogP contribution in [0, 0.1) is 5.92 Å². The molecule has 1 amide bonds. The van der Waals surface area contributed by atoms with Gasteiger partial charge in [0, 0.05) is 16.8 Å². The van der Waals surface area contributed by atoms with Gasteiger partial charge in [0.15, 0.2) is 0 Å². The van der Waals surface area contributed by atoms with E-state index in [1.807, 2.05) is 6.07 Å². The number of nitrogens with two attached hydrogens (primary N) is 1. The van der Waals surface area contributed by atoms with Crippen molar-refractivity contribution >= 4 is 38.8 Å². The number of alkyl halides is 3. The Labute approximate surface area is 163 Å². The normalized spacial score (nSPS) is 16.8. The Bertz CT molecular complexity index is 1070. The molecular weight excluding hydrogens is 387 g/mol. The third-order valence-electron chi connectivity index (χ3n) is 4.99. The van der Waals surface area contributed by atoms with E-state index in [0.29, 0.717) is 16.4 Å². The minimum absolute atomic E-state index is 0.0674.